The molecular formula is C27H33NO6. The van der Waals surface area contributed by atoms with Crippen LogP contribution in [0.5, 0.6) is 0 Å². The largest absolute Gasteiger partial charge is 0.480 e. The summed E-state index contributed by atoms with van der Waals surface area (Å²) in [6, 6.07) is 12.6. The average molecular weight is 468 g/mol. The van der Waals surface area contributed by atoms with Gasteiger partial charge in [0, 0.05) is 6.42 Å². The zero-order valence-electron chi connectivity index (χ0n) is 19.8. The van der Waals surface area contributed by atoms with E-state index in [-0.39, 0.29) is 13.0 Å². The van der Waals surface area contributed by atoms with Gasteiger partial charge in [0.15, 0.2) is 6.04 Å². The van der Waals surface area contributed by atoms with Crippen LogP contribution in [0, 0.1) is 0 Å². The fourth-order valence-corrected chi connectivity index (χ4v) is 4.26. The van der Waals surface area contributed by atoms with Crippen molar-refractivity contribution in [2.75, 3.05) is 0 Å². The quantitative estimate of drug-likeness (QED) is 0.279. The molecule has 34 heavy (non-hydrogen) atoms. The van der Waals surface area contributed by atoms with Crippen molar-refractivity contribution in [1.82, 2.24) is 5.32 Å². The number of hydrogen-bond acceptors (Lipinski definition) is 5. The summed E-state index contributed by atoms with van der Waals surface area (Å²) in [5.74, 6) is -1.76. The fourth-order valence-electron chi connectivity index (χ4n) is 4.26. The van der Waals surface area contributed by atoms with Gasteiger partial charge in [0.1, 0.15) is 12.7 Å². The molecular weight excluding hydrogens is 434 g/mol. The number of hydrogen-bond donors (Lipinski definition) is 2. The number of amides is 1. The maximum atomic E-state index is 12.4. The summed E-state index contributed by atoms with van der Waals surface area (Å²) < 4.78 is 10.6. The van der Waals surface area contributed by atoms with E-state index in [1.54, 1.807) is 0 Å². The van der Waals surface area contributed by atoms with Crippen LogP contribution in [0.3, 0.4) is 0 Å². The van der Waals surface area contributed by atoms with E-state index in [1.165, 1.54) is 18.1 Å². The molecule has 0 saturated carbocycles. The van der Waals surface area contributed by atoms with Crippen LogP contribution in [0.1, 0.15) is 69.1 Å². The van der Waals surface area contributed by atoms with Crippen molar-refractivity contribution in [3.63, 3.8) is 0 Å². The normalized spacial score (nSPS) is 13.4. The number of rotatable bonds is 12. The Hall–Kier alpha value is -3.35. The van der Waals surface area contributed by atoms with E-state index >= 15 is 0 Å². The molecule has 1 aliphatic rings. The second-order valence-electron chi connectivity index (χ2n) is 8.67. The van der Waals surface area contributed by atoms with Gasteiger partial charge in [-0.05, 0) is 47.6 Å². The van der Waals surface area contributed by atoms with E-state index in [1.807, 2.05) is 30.3 Å². The molecule has 0 spiro atoms. The van der Waals surface area contributed by atoms with E-state index in [2.05, 4.69) is 24.4 Å². The third-order valence-electron chi connectivity index (χ3n) is 6.12. The number of unbranched alkanes of at least 4 members (excludes halogenated alkanes) is 4. The number of nitrogens with one attached hydrogen (secondary N) is 1. The molecule has 0 saturated heterocycles. The van der Waals surface area contributed by atoms with E-state index in [9.17, 15) is 19.5 Å². The van der Waals surface area contributed by atoms with Gasteiger partial charge >= 0.3 is 18.0 Å². The Balaban J connectivity index is 1.51. The Labute approximate surface area is 200 Å². The van der Waals surface area contributed by atoms with E-state index in [4.69, 9.17) is 9.47 Å². The van der Waals surface area contributed by atoms with Crippen LogP contribution in [0.25, 0.3) is 11.1 Å². The van der Waals surface area contributed by atoms with E-state index in [0.717, 1.165) is 48.8 Å². The zero-order valence-corrected chi connectivity index (χ0v) is 19.8. The second kappa shape index (κ2) is 12.2. The minimum Gasteiger partial charge on any atom is -0.480 e. The van der Waals surface area contributed by atoms with Gasteiger partial charge in [0.05, 0.1) is 0 Å². The Morgan fingerprint density at radius 1 is 1.00 bits per heavy atom. The predicted molar refractivity (Wildman–Crippen MR) is 128 cm³/mol. The zero-order chi connectivity index (χ0) is 24.5. The lowest BCUT2D eigenvalue weighted by Gasteiger charge is -2.21. The van der Waals surface area contributed by atoms with Crippen LogP contribution in [0.4, 0.5) is 4.79 Å². The standard InChI is InChI=1S/C27H33NO6/c1-3-4-5-6-7-15-24(29)34-18(2)25(26(30)31)28-27(32)33-17-20-12-10-14-22-21-13-9-8-11-19(21)16-23(20)22/h8-14,18,25H,3-7,15-17H2,1-2H3,(H,28,32)(H,30,31). The number of carbonyl (C=O) groups excluding carboxylic acids is 2. The molecule has 0 aliphatic heterocycles. The Morgan fingerprint density at radius 3 is 2.50 bits per heavy atom. The van der Waals surface area contributed by atoms with Crippen LogP contribution in [-0.2, 0) is 32.1 Å². The number of carbonyl (C=O) groups is 3. The second-order valence-corrected chi connectivity index (χ2v) is 8.67. The lowest BCUT2D eigenvalue weighted by molar-refractivity contribution is -0.154. The number of carboxylic acid groups (broad SMARTS) is 1. The van der Waals surface area contributed by atoms with Crippen molar-refractivity contribution < 1.29 is 29.0 Å². The number of fused-ring (bicyclic) bond motifs is 3. The average Bonchev–Trinajstić information content (AvgIpc) is 3.20. The predicted octanol–water partition coefficient (Wildman–Crippen LogP) is 5.23. The van der Waals surface area contributed by atoms with Crippen molar-refractivity contribution >= 4 is 18.0 Å². The SMILES string of the molecule is CCCCCCCC(=O)OC(C)C(NC(=O)OCc1cccc2c1Cc1ccccc1-2)C(=O)O. The van der Waals surface area contributed by atoms with Gasteiger partial charge in [-0.3, -0.25) is 4.79 Å². The molecule has 7 nitrogen and oxygen atoms in total. The summed E-state index contributed by atoms with van der Waals surface area (Å²) in [6.07, 6.45) is 4.01. The molecule has 2 aromatic carbocycles. The van der Waals surface area contributed by atoms with Gasteiger partial charge in [0.2, 0.25) is 0 Å². The highest BCUT2D eigenvalue weighted by Gasteiger charge is 2.30. The summed E-state index contributed by atoms with van der Waals surface area (Å²) in [5, 5.41) is 11.9. The molecule has 0 radical (unpaired) electrons. The Bertz CT molecular complexity index is 1020. The number of benzene rings is 2. The molecule has 182 valence electrons. The van der Waals surface area contributed by atoms with Gasteiger partial charge < -0.3 is 19.9 Å². The highest BCUT2D eigenvalue weighted by molar-refractivity contribution is 5.81. The van der Waals surface area contributed by atoms with E-state index in [0.29, 0.717) is 6.42 Å². The van der Waals surface area contributed by atoms with Gasteiger partial charge in [-0.2, -0.15) is 0 Å². The molecule has 3 rings (SSSR count). The molecule has 0 heterocycles. The van der Waals surface area contributed by atoms with Crippen LogP contribution >= 0.6 is 0 Å². The molecule has 0 aromatic heterocycles. The number of esters is 1. The first-order chi connectivity index (χ1) is 16.4. The smallest absolute Gasteiger partial charge is 0.408 e. The molecule has 2 aromatic rings. The molecule has 2 N–H and O–H groups in total. The molecule has 1 amide bonds. The van der Waals surface area contributed by atoms with Gasteiger partial charge in [-0.25, -0.2) is 9.59 Å². The summed E-state index contributed by atoms with van der Waals surface area (Å²) in [7, 11) is 0. The highest BCUT2D eigenvalue weighted by atomic mass is 16.6. The maximum Gasteiger partial charge on any atom is 0.408 e. The number of ether oxygens (including phenoxy) is 2. The third kappa shape index (κ3) is 6.59. The Morgan fingerprint density at radius 2 is 1.74 bits per heavy atom. The first kappa shape index (κ1) is 25.3. The number of carboxylic acids is 1. The van der Waals surface area contributed by atoms with Crippen LogP contribution in [0.2, 0.25) is 0 Å². The van der Waals surface area contributed by atoms with Gasteiger partial charge in [-0.1, -0.05) is 75.1 Å². The molecule has 2 unspecified atom stereocenters. The molecule has 1 aliphatic carbocycles. The lowest BCUT2D eigenvalue weighted by Crippen LogP contribution is -2.49. The van der Waals surface area contributed by atoms with Crippen molar-refractivity contribution in [2.24, 2.45) is 0 Å². The molecule has 0 fully saturated rings. The third-order valence-corrected chi connectivity index (χ3v) is 6.12. The molecule has 7 heteroatoms. The summed E-state index contributed by atoms with van der Waals surface area (Å²) in [6.45, 7) is 3.59. The van der Waals surface area contributed by atoms with Crippen molar-refractivity contribution in [1.29, 1.82) is 0 Å². The summed E-state index contributed by atoms with van der Waals surface area (Å²) in [5.41, 5.74) is 5.50. The first-order valence-electron chi connectivity index (χ1n) is 11.9. The highest BCUT2D eigenvalue weighted by Crippen LogP contribution is 2.38. The van der Waals surface area contributed by atoms with Crippen molar-refractivity contribution in [2.45, 2.75) is 77.5 Å². The van der Waals surface area contributed by atoms with Crippen LogP contribution < -0.4 is 5.32 Å². The van der Waals surface area contributed by atoms with Crippen LogP contribution in [-0.4, -0.2) is 35.3 Å². The topological polar surface area (TPSA) is 102 Å². The van der Waals surface area contributed by atoms with Crippen LogP contribution in [0.15, 0.2) is 42.5 Å². The van der Waals surface area contributed by atoms with Gasteiger partial charge in [0.25, 0.3) is 0 Å². The Kier molecular flexibility index (Phi) is 9.08. The van der Waals surface area contributed by atoms with Crippen molar-refractivity contribution in [3.8, 4) is 11.1 Å². The molecule has 0 bridgehead atoms. The lowest BCUT2D eigenvalue weighted by atomic mass is 10.0. The van der Waals surface area contributed by atoms with Crippen molar-refractivity contribution in [3.05, 3.63) is 59.2 Å². The van der Waals surface area contributed by atoms with Gasteiger partial charge in [-0.15, -0.1) is 0 Å². The minimum absolute atomic E-state index is 0.0151. The summed E-state index contributed by atoms with van der Waals surface area (Å²) in [4.78, 5) is 36.1. The fraction of sp³-hybridized carbons (Fsp3) is 0.444. The molecule has 2 atom stereocenters. The maximum absolute atomic E-state index is 12.4. The van der Waals surface area contributed by atoms with E-state index < -0.39 is 30.2 Å². The summed E-state index contributed by atoms with van der Waals surface area (Å²) >= 11 is 0. The number of aliphatic carboxylic acids is 1. The monoisotopic (exact) mass is 467 g/mol. The first-order valence-corrected chi connectivity index (χ1v) is 11.9. The minimum atomic E-state index is -1.40. The number of alkyl carbamates (subject to hydrolysis) is 1.